The van der Waals surface area contributed by atoms with Crippen molar-refractivity contribution in [3.05, 3.63) is 101 Å². The van der Waals surface area contributed by atoms with Gasteiger partial charge in [-0.15, -0.1) is 0 Å². The quantitative estimate of drug-likeness (QED) is 0.478. The van der Waals surface area contributed by atoms with E-state index in [1.54, 1.807) is 18.2 Å². The molecule has 0 unspecified atom stereocenters. The van der Waals surface area contributed by atoms with Crippen LogP contribution in [0.5, 0.6) is 5.75 Å². The molecule has 128 valence electrons. The van der Waals surface area contributed by atoms with E-state index in [-0.39, 0.29) is 11.4 Å². The SMILES string of the molecule is O=c1oc2cc(OCc3ccc(F)cc3)ccc2cc1-c1ccccc1. The zero-order chi connectivity index (χ0) is 17.9. The number of rotatable bonds is 4. The molecule has 1 aromatic heterocycles. The second kappa shape index (κ2) is 6.84. The average molecular weight is 346 g/mol. The lowest BCUT2D eigenvalue weighted by atomic mass is 10.1. The summed E-state index contributed by atoms with van der Waals surface area (Å²) in [4.78, 5) is 12.3. The third-order valence-electron chi connectivity index (χ3n) is 4.11. The van der Waals surface area contributed by atoms with Crippen LogP contribution in [0.2, 0.25) is 0 Å². The summed E-state index contributed by atoms with van der Waals surface area (Å²) in [6, 6.07) is 22.7. The summed E-state index contributed by atoms with van der Waals surface area (Å²) in [7, 11) is 0. The van der Waals surface area contributed by atoms with E-state index < -0.39 is 0 Å². The molecular weight excluding hydrogens is 331 g/mol. The lowest BCUT2D eigenvalue weighted by Crippen LogP contribution is -2.02. The molecule has 3 aromatic carbocycles. The van der Waals surface area contributed by atoms with Gasteiger partial charge in [-0.25, -0.2) is 9.18 Å². The Kier molecular flexibility index (Phi) is 4.23. The minimum atomic E-state index is -0.389. The van der Waals surface area contributed by atoms with E-state index in [0.717, 1.165) is 16.5 Å². The predicted molar refractivity (Wildman–Crippen MR) is 98.7 cm³/mol. The molecule has 0 N–H and O–H groups in total. The Morgan fingerprint density at radius 2 is 1.65 bits per heavy atom. The van der Waals surface area contributed by atoms with Gasteiger partial charge in [-0.3, -0.25) is 0 Å². The van der Waals surface area contributed by atoms with Gasteiger partial charge in [-0.2, -0.15) is 0 Å². The van der Waals surface area contributed by atoms with Gasteiger partial charge < -0.3 is 9.15 Å². The van der Waals surface area contributed by atoms with Gasteiger partial charge in [0.1, 0.15) is 23.8 Å². The fourth-order valence-corrected chi connectivity index (χ4v) is 2.75. The second-order valence-corrected chi connectivity index (χ2v) is 5.93. The van der Waals surface area contributed by atoms with Gasteiger partial charge in [0.25, 0.3) is 0 Å². The Balaban J connectivity index is 1.61. The van der Waals surface area contributed by atoms with Crippen molar-refractivity contribution in [1.82, 2.24) is 0 Å². The van der Waals surface area contributed by atoms with Crippen molar-refractivity contribution in [2.45, 2.75) is 6.61 Å². The topological polar surface area (TPSA) is 39.4 Å². The molecule has 0 saturated carbocycles. The zero-order valence-corrected chi connectivity index (χ0v) is 13.8. The van der Waals surface area contributed by atoms with Gasteiger partial charge in [0.05, 0.1) is 5.56 Å². The van der Waals surface area contributed by atoms with Gasteiger partial charge in [0.2, 0.25) is 0 Å². The van der Waals surface area contributed by atoms with Crippen molar-refractivity contribution < 1.29 is 13.5 Å². The fraction of sp³-hybridized carbons (Fsp3) is 0.0455. The number of hydrogen-bond acceptors (Lipinski definition) is 3. The maximum Gasteiger partial charge on any atom is 0.344 e. The van der Waals surface area contributed by atoms with Crippen LogP contribution in [0.25, 0.3) is 22.1 Å². The molecule has 26 heavy (non-hydrogen) atoms. The zero-order valence-electron chi connectivity index (χ0n) is 13.8. The summed E-state index contributed by atoms with van der Waals surface area (Å²) in [5.74, 6) is 0.299. The summed E-state index contributed by atoms with van der Waals surface area (Å²) < 4.78 is 24.1. The summed E-state index contributed by atoms with van der Waals surface area (Å²) >= 11 is 0. The molecule has 0 aliphatic carbocycles. The van der Waals surface area contributed by atoms with E-state index in [2.05, 4.69) is 0 Å². The minimum absolute atomic E-state index is 0.282. The van der Waals surface area contributed by atoms with Gasteiger partial charge >= 0.3 is 5.63 Å². The van der Waals surface area contributed by atoms with Gasteiger partial charge in [-0.05, 0) is 41.5 Å². The third kappa shape index (κ3) is 3.35. The molecule has 4 heteroatoms. The van der Waals surface area contributed by atoms with E-state index in [0.29, 0.717) is 23.5 Å². The minimum Gasteiger partial charge on any atom is -0.489 e. The van der Waals surface area contributed by atoms with Crippen LogP contribution in [0, 0.1) is 5.82 Å². The van der Waals surface area contributed by atoms with Crippen molar-refractivity contribution in [1.29, 1.82) is 0 Å². The van der Waals surface area contributed by atoms with Gasteiger partial charge in [-0.1, -0.05) is 42.5 Å². The monoisotopic (exact) mass is 346 g/mol. The molecule has 0 radical (unpaired) electrons. The molecule has 1 heterocycles. The molecular formula is C22H15FO3. The smallest absolute Gasteiger partial charge is 0.344 e. The molecule has 0 spiro atoms. The normalized spacial score (nSPS) is 10.8. The third-order valence-corrected chi connectivity index (χ3v) is 4.11. The number of hydrogen-bond donors (Lipinski definition) is 0. The predicted octanol–water partition coefficient (Wildman–Crippen LogP) is 5.18. The largest absolute Gasteiger partial charge is 0.489 e. The van der Waals surface area contributed by atoms with Crippen LogP contribution in [0.15, 0.2) is 88.1 Å². The molecule has 3 nitrogen and oxygen atoms in total. The first-order valence-corrected chi connectivity index (χ1v) is 8.20. The van der Waals surface area contributed by atoms with Crippen molar-refractivity contribution in [2.24, 2.45) is 0 Å². The second-order valence-electron chi connectivity index (χ2n) is 5.93. The maximum atomic E-state index is 12.9. The van der Waals surface area contributed by atoms with Crippen LogP contribution in [0.4, 0.5) is 4.39 Å². The highest BCUT2D eigenvalue weighted by atomic mass is 19.1. The van der Waals surface area contributed by atoms with Gasteiger partial charge in [0, 0.05) is 11.5 Å². The molecule has 4 rings (SSSR count). The molecule has 0 bridgehead atoms. The van der Waals surface area contributed by atoms with Crippen molar-refractivity contribution >= 4 is 11.0 Å². The molecule has 0 aliphatic heterocycles. The Hall–Kier alpha value is -3.40. The molecule has 4 aromatic rings. The Morgan fingerprint density at radius 3 is 2.42 bits per heavy atom. The van der Waals surface area contributed by atoms with Crippen molar-refractivity contribution in [3.63, 3.8) is 0 Å². The highest BCUT2D eigenvalue weighted by Gasteiger charge is 2.08. The van der Waals surface area contributed by atoms with Crippen LogP contribution >= 0.6 is 0 Å². The van der Waals surface area contributed by atoms with E-state index in [4.69, 9.17) is 9.15 Å². The lowest BCUT2D eigenvalue weighted by Gasteiger charge is -2.08. The van der Waals surface area contributed by atoms with Crippen LogP contribution < -0.4 is 10.4 Å². The first-order chi connectivity index (χ1) is 12.7. The average Bonchev–Trinajstić information content (AvgIpc) is 2.67. The van der Waals surface area contributed by atoms with E-state index in [1.807, 2.05) is 48.5 Å². The Labute approximate surface area is 149 Å². The van der Waals surface area contributed by atoms with Crippen molar-refractivity contribution in [2.75, 3.05) is 0 Å². The number of halogens is 1. The van der Waals surface area contributed by atoms with Crippen LogP contribution in [-0.2, 0) is 6.61 Å². The molecule has 0 atom stereocenters. The van der Waals surface area contributed by atoms with Gasteiger partial charge in [0.15, 0.2) is 0 Å². The summed E-state index contributed by atoms with van der Waals surface area (Å²) in [5, 5.41) is 0.817. The van der Waals surface area contributed by atoms with Crippen LogP contribution in [-0.4, -0.2) is 0 Å². The maximum absolute atomic E-state index is 12.9. The molecule has 0 fully saturated rings. The molecule has 0 saturated heterocycles. The summed E-state index contributed by atoms with van der Waals surface area (Å²) in [5.41, 5.74) is 2.27. The van der Waals surface area contributed by atoms with Crippen LogP contribution in [0.3, 0.4) is 0 Å². The summed E-state index contributed by atoms with van der Waals surface area (Å²) in [6.07, 6.45) is 0. The Morgan fingerprint density at radius 1 is 0.885 bits per heavy atom. The summed E-state index contributed by atoms with van der Waals surface area (Å²) in [6.45, 7) is 0.304. The lowest BCUT2D eigenvalue weighted by molar-refractivity contribution is 0.306. The number of fused-ring (bicyclic) bond motifs is 1. The number of ether oxygens (including phenoxy) is 1. The number of benzene rings is 3. The first-order valence-electron chi connectivity index (χ1n) is 8.20. The first kappa shape index (κ1) is 16.1. The highest BCUT2D eigenvalue weighted by Crippen LogP contribution is 2.24. The molecule has 0 aliphatic rings. The van der Waals surface area contributed by atoms with Crippen molar-refractivity contribution in [3.8, 4) is 16.9 Å². The van der Waals surface area contributed by atoms with Crippen LogP contribution in [0.1, 0.15) is 5.56 Å². The fourth-order valence-electron chi connectivity index (χ4n) is 2.75. The highest BCUT2D eigenvalue weighted by molar-refractivity contribution is 5.82. The Bertz CT molecular complexity index is 1100. The van der Waals surface area contributed by atoms with E-state index in [1.165, 1.54) is 12.1 Å². The van der Waals surface area contributed by atoms with E-state index >= 15 is 0 Å². The van der Waals surface area contributed by atoms with E-state index in [9.17, 15) is 9.18 Å². The molecule has 0 amide bonds. The standard InChI is InChI=1S/C22H15FO3/c23-18-9-6-15(7-10-18)14-25-19-11-8-17-12-20(16-4-2-1-3-5-16)22(24)26-21(17)13-19/h1-13H,14H2.